The van der Waals surface area contributed by atoms with Gasteiger partial charge in [0, 0.05) is 25.3 Å². The number of fused-ring (bicyclic) bond motifs is 2. The third-order valence-corrected chi connectivity index (χ3v) is 5.43. The number of benzene rings is 2. The van der Waals surface area contributed by atoms with Gasteiger partial charge in [-0.3, -0.25) is 4.79 Å². The van der Waals surface area contributed by atoms with E-state index in [2.05, 4.69) is 34.5 Å². The van der Waals surface area contributed by atoms with Crippen LogP contribution in [-0.4, -0.2) is 39.3 Å². The van der Waals surface area contributed by atoms with Gasteiger partial charge in [-0.1, -0.05) is 30.3 Å². The molecule has 0 aromatic heterocycles. The highest BCUT2D eigenvalue weighted by Crippen LogP contribution is 2.36. The van der Waals surface area contributed by atoms with Crippen LogP contribution in [-0.2, 0) is 17.6 Å². The number of para-hydroxylation sites is 2. The zero-order valence-corrected chi connectivity index (χ0v) is 15.7. The molecule has 0 fully saturated rings. The Morgan fingerprint density at radius 2 is 2.07 bits per heavy atom. The summed E-state index contributed by atoms with van der Waals surface area (Å²) in [5.74, 6) is 1.44. The number of methoxy groups -OCH3 is 1. The molecule has 0 unspecified atom stereocenters. The molecule has 4 rings (SSSR count). The Morgan fingerprint density at radius 3 is 2.96 bits per heavy atom. The highest BCUT2D eigenvalue weighted by Gasteiger charge is 2.27. The van der Waals surface area contributed by atoms with Crippen LogP contribution < -0.4 is 19.7 Å². The van der Waals surface area contributed by atoms with Crippen molar-refractivity contribution in [3.05, 3.63) is 53.6 Å². The molecule has 0 saturated carbocycles. The van der Waals surface area contributed by atoms with Crippen molar-refractivity contribution in [2.24, 2.45) is 5.92 Å². The lowest BCUT2D eigenvalue weighted by atomic mass is 9.95. The SMILES string of the molecule is COc1cccc2c1OC[C@H](C(=O)NCCCN1CCc3ccccc31)C2. The predicted octanol–water partition coefficient (Wildman–Crippen LogP) is 2.82. The highest BCUT2D eigenvalue weighted by atomic mass is 16.5. The van der Waals surface area contributed by atoms with E-state index in [0.29, 0.717) is 19.6 Å². The lowest BCUT2D eigenvalue weighted by molar-refractivity contribution is -0.126. The van der Waals surface area contributed by atoms with Gasteiger partial charge in [-0.15, -0.1) is 0 Å². The molecule has 2 aromatic rings. The lowest BCUT2D eigenvalue weighted by Crippen LogP contribution is -2.38. The molecule has 0 spiro atoms. The first-order valence-electron chi connectivity index (χ1n) is 9.65. The van der Waals surface area contributed by atoms with Crippen LogP contribution in [0.5, 0.6) is 11.5 Å². The van der Waals surface area contributed by atoms with Crippen LogP contribution in [0.2, 0.25) is 0 Å². The Morgan fingerprint density at radius 1 is 1.22 bits per heavy atom. The van der Waals surface area contributed by atoms with Gasteiger partial charge in [0.2, 0.25) is 5.91 Å². The Hall–Kier alpha value is -2.69. The zero-order valence-electron chi connectivity index (χ0n) is 15.7. The average molecular weight is 366 g/mol. The molecule has 1 atom stereocenters. The van der Waals surface area contributed by atoms with Crippen molar-refractivity contribution >= 4 is 11.6 Å². The molecule has 0 saturated heterocycles. The summed E-state index contributed by atoms with van der Waals surface area (Å²) in [6.45, 7) is 3.14. The van der Waals surface area contributed by atoms with Gasteiger partial charge in [-0.05, 0) is 42.5 Å². The normalized spacial score (nSPS) is 17.7. The fraction of sp³-hybridized carbons (Fsp3) is 0.409. The number of carbonyl (C=O) groups is 1. The van der Waals surface area contributed by atoms with Crippen LogP contribution in [0.4, 0.5) is 5.69 Å². The number of hydrogen-bond donors (Lipinski definition) is 1. The number of nitrogens with one attached hydrogen (secondary N) is 1. The van der Waals surface area contributed by atoms with Crippen LogP contribution in [0.1, 0.15) is 17.5 Å². The van der Waals surface area contributed by atoms with Crippen molar-refractivity contribution < 1.29 is 14.3 Å². The largest absolute Gasteiger partial charge is 0.493 e. The first kappa shape index (κ1) is 17.7. The molecule has 5 nitrogen and oxygen atoms in total. The first-order valence-corrected chi connectivity index (χ1v) is 9.65. The number of anilines is 1. The van der Waals surface area contributed by atoms with Gasteiger partial charge >= 0.3 is 0 Å². The minimum Gasteiger partial charge on any atom is -0.493 e. The molecular weight excluding hydrogens is 340 g/mol. The van der Waals surface area contributed by atoms with Gasteiger partial charge < -0.3 is 19.7 Å². The molecule has 142 valence electrons. The van der Waals surface area contributed by atoms with Gasteiger partial charge in [-0.2, -0.15) is 0 Å². The number of carbonyl (C=O) groups excluding carboxylic acids is 1. The number of amides is 1. The Labute approximate surface area is 160 Å². The fourth-order valence-corrected chi connectivity index (χ4v) is 3.99. The number of hydrogen-bond acceptors (Lipinski definition) is 4. The maximum Gasteiger partial charge on any atom is 0.226 e. The number of rotatable bonds is 6. The van der Waals surface area contributed by atoms with Crippen molar-refractivity contribution in [3.8, 4) is 11.5 Å². The third-order valence-electron chi connectivity index (χ3n) is 5.43. The summed E-state index contributed by atoms with van der Waals surface area (Å²) < 4.78 is 11.1. The quantitative estimate of drug-likeness (QED) is 0.799. The van der Waals surface area contributed by atoms with Crippen molar-refractivity contribution in [2.45, 2.75) is 19.3 Å². The Balaban J connectivity index is 1.25. The maximum absolute atomic E-state index is 12.5. The van der Waals surface area contributed by atoms with Gasteiger partial charge in [-0.25, -0.2) is 0 Å². The Bertz CT molecular complexity index is 821. The summed E-state index contributed by atoms with van der Waals surface area (Å²) in [6.07, 6.45) is 2.75. The molecule has 0 bridgehead atoms. The molecular formula is C22H26N2O3. The number of ether oxygens (including phenoxy) is 2. The molecule has 1 N–H and O–H groups in total. The standard InChI is InChI=1S/C22H26N2O3/c1-26-20-9-4-7-17-14-18(15-27-21(17)20)22(25)23-11-5-12-24-13-10-16-6-2-3-8-19(16)24/h2-4,6-9,18H,5,10-15H2,1H3,(H,23,25)/t18-/m1/s1. The zero-order chi connectivity index (χ0) is 18.6. The smallest absolute Gasteiger partial charge is 0.226 e. The van der Waals surface area contributed by atoms with Crippen molar-refractivity contribution in [3.63, 3.8) is 0 Å². The summed E-state index contributed by atoms with van der Waals surface area (Å²) in [5.41, 5.74) is 3.81. The number of nitrogens with zero attached hydrogens (tertiary/aromatic N) is 1. The molecule has 2 aliphatic heterocycles. The van der Waals surface area contributed by atoms with Gasteiger partial charge in [0.25, 0.3) is 0 Å². The minimum absolute atomic E-state index is 0.0743. The van der Waals surface area contributed by atoms with Crippen molar-refractivity contribution in [1.29, 1.82) is 0 Å². The topological polar surface area (TPSA) is 50.8 Å². The summed E-state index contributed by atoms with van der Waals surface area (Å²) in [6, 6.07) is 14.4. The first-order chi connectivity index (χ1) is 13.3. The van der Waals surface area contributed by atoms with Crippen LogP contribution >= 0.6 is 0 Å². The van der Waals surface area contributed by atoms with E-state index in [1.165, 1.54) is 11.3 Å². The van der Waals surface area contributed by atoms with E-state index in [9.17, 15) is 4.79 Å². The summed E-state index contributed by atoms with van der Waals surface area (Å²) in [4.78, 5) is 14.9. The van der Waals surface area contributed by atoms with E-state index in [1.807, 2.05) is 18.2 Å². The lowest BCUT2D eigenvalue weighted by Gasteiger charge is -2.26. The second-order valence-electron chi connectivity index (χ2n) is 7.17. The second-order valence-corrected chi connectivity index (χ2v) is 7.17. The highest BCUT2D eigenvalue weighted by molar-refractivity contribution is 5.79. The summed E-state index contributed by atoms with van der Waals surface area (Å²) in [7, 11) is 1.64. The minimum atomic E-state index is -0.142. The molecule has 5 heteroatoms. The molecule has 2 aromatic carbocycles. The molecule has 27 heavy (non-hydrogen) atoms. The maximum atomic E-state index is 12.5. The van der Waals surface area contributed by atoms with Crippen LogP contribution in [0.25, 0.3) is 0 Å². The van der Waals surface area contributed by atoms with Gasteiger partial charge in [0.15, 0.2) is 11.5 Å². The molecule has 2 heterocycles. The van der Waals surface area contributed by atoms with Crippen molar-refractivity contribution in [1.82, 2.24) is 5.32 Å². The molecule has 2 aliphatic rings. The van der Waals surface area contributed by atoms with Crippen LogP contribution in [0.15, 0.2) is 42.5 Å². The predicted molar refractivity (Wildman–Crippen MR) is 106 cm³/mol. The monoisotopic (exact) mass is 366 g/mol. The molecule has 0 radical (unpaired) electrons. The third kappa shape index (κ3) is 3.72. The molecule has 1 amide bonds. The van der Waals surface area contributed by atoms with E-state index in [0.717, 1.165) is 43.0 Å². The van der Waals surface area contributed by atoms with Crippen molar-refractivity contribution in [2.75, 3.05) is 38.3 Å². The van der Waals surface area contributed by atoms with E-state index in [-0.39, 0.29) is 11.8 Å². The van der Waals surface area contributed by atoms with Gasteiger partial charge in [0.05, 0.1) is 13.0 Å². The summed E-state index contributed by atoms with van der Waals surface area (Å²) in [5, 5.41) is 3.08. The average Bonchev–Trinajstić information content (AvgIpc) is 3.13. The van der Waals surface area contributed by atoms with Gasteiger partial charge in [0.1, 0.15) is 6.61 Å². The molecule has 0 aliphatic carbocycles. The fourth-order valence-electron chi connectivity index (χ4n) is 3.99. The second kappa shape index (κ2) is 7.91. The summed E-state index contributed by atoms with van der Waals surface area (Å²) >= 11 is 0. The Kier molecular flexibility index (Phi) is 5.19. The van der Waals surface area contributed by atoms with E-state index in [4.69, 9.17) is 9.47 Å². The van der Waals surface area contributed by atoms with Crippen LogP contribution in [0, 0.1) is 5.92 Å². The van der Waals surface area contributed by atoms with Crippen LogP contribution in [0.3, 0.4) is 0 Å². The van der Waals surface area contributed by atoms with E-state index < -0.39 is 0 Å². The van der Waals surface area contributed by atoms with E-state index in [1.54, 1.807) is 7.11 Å². The van der Waals surface area contributed by atoms with E-state index >= 15 is 0 Å².